The van der Waals surface area contributed by atoms with E-state index in [9.17, 15) is 0 Å². The van der Waals surface area contributed by atoms with Gasteiger partial charge in [-0.2, -0.15) is 9.97 Å². The van der Waals surface area contributed by atoms with Gasteiger partial charge in [0.15, 0.2) is 11.5 Å². The molecule has 6 nitrogen and oxygen atoms in total. The molecule has 2 aromatic heterocycles. The fourth-order valence-corrected chi connectivity index (χ4v) is 2.18. The van der Waals surface area contributed by atoms with Crippen LogP contribution in [0.1, 0.15) is 5.56 Å². The lowest BCUT2D eigenvalue weighted by Crippen LogP contribution is -2.02. The molecule has 0 fully saturated rings. The number of aromatic nitrogens is 4. The zero-order chi connectivity index (χ0) is 13.4. The Morgan fingerprint density at radius 1 is 1.32 bits per heavy atom. The number of benzene rings is 1. The van der Waals surface area contributed by atoms with Gasteiger partial charge in [0.2, 0.25) is 5.95 Å². The number of anilines is 3. The van der Waals surface area contributed by atoms with Crippen LogP contribution in [0.4, 0.5) is 17.5 Å². The van der Waals surface area contributed by atoms with Crippen LogP contribution in [0.3, 0.4) is 0 Å². The molecule has 0 aliphatic carbocycles. The Labute approximate surface area is 117 Å². The van der Waals surface area contributed by atoms with Crippen molar-refractivity contribution in [3.63, 3.8) is 0 Å². The van der Waals surface area contributed by atoms with Crippen LogP contribution < -0.4 is 11.1 Å². The third-order valence-electron chi connectivity index (χ3n) is 2.75. The molecular formula is C12H11BrN6. The SMILES string of the molecule is Cc1cccc(Nc2nc(N)nc3nc[nH]c23)c1Br. The molecule has 0 unspecified atom stereocenters. The van der Waals surface area contributed by atoms with Gasteiger partial charge in [0, 0.05) is 4.47 Å². The third-order valence-corrected chi connectivity index (χ3v) is 3.80. The average Bonchev–Trinajstić information content (AvgIpc) is 2.83. The Balaban J connectivity index is 2.10. The fourth-order valence-electron chi connectivity index (χ4n) is 1.81. The van der Waals surface area contributed by atoms with E-state index in [1.165, 1.54) is 0 Å². The number of fused-ring (bicyclic) bond motifs is 1. The highest BCUT2D eigenvalue weighted by Crippen LogP contribution is 2.29. The average molecular weight is 319 g/mol. The van der Waals surface area contributed by atoms with E-state index in [-0.39, 0.29) is 5.95 Å². The van der Waals surface area contributed by atoms with E-state index in [0.717, 1.165) is 21.2 Å². The smallest absolute Gasteiger partial charge is 0.224 e. The first-order valence-corrected chi connectivity index (χ1v) is 6.43. The van der Waals surface area contributed by atoms with Gasteiger partial charge in [0.25, 0.3) is 0 Å². The molecule has 7 heteroatoms. The van der Waals surface area contributed by atoms with E-state index < -0.39 is 0 Å². The molecule has 19 heavy (non-hydrogen) atoms. The number of nitrogens with two attached hydrogens (primary N) is 1. The molecular weight excluding hydrogens is 308 g/mol. The van der Waals surface area contributed by atoms with Crippen molar-refractivity contribution < 1.29 is 0 Å². The van der Waals surface area contributed by atoms with Crippen LogP contribution in [0.25, 0.3) is 11.2 Å². The van der Waals surface area contributed by atoms with Gasteiger partial charge in [-0.25, -0.2) is 4.98 Å². The highest BCUT2D eigenvalue weighted by molar-refractivity contribution is 9.10. The van der Waals surface area contributed by atoms with Crippen molar-refractivity contribution in [1.82, 2.24) is 19.9 Å². The quantitative estimate of drug-likeness (QED) is 0.675. The second-order valence-corrected chi connectivity index (χ2v) is 4.89. The zero-order valence-corrected chi connectivity index (χ0v) is 11.7. The number of aryl methyl sites for hydroxylation is 1. The molecule has 0 atom stereocenters. The summed E-state index contributed by atoms with van der Waals surface area (Å²) in [5.74, 6) is 0.789. The van der Waals surface area contributed by atoms with Crippen molar-refractivity contribution >= 4 is 44.5 Å². The van der Waals surface area contributed by atoms with Crippen molar-refractivity contribution in [1.29, 1.82) is 0 Å². The lowest BCUT2D eigenvalue weighted by atomic mass is 10.2. The summed E-state index contributed by atoms with van der Waals surface area (Å²) in [6.45, 7) is 2.02. The number of H-pyrrole nitrogens is 1. The Morgan fingerprint density at radius 2 is 2.16 bits per heavy atom. The maximum Gasteiger partial charge on any atom is 0.224 e. The first-order chi connectivity index (χ1) is 9.15. The molecule has 0 aliphatic rings. The molecule has 1 aromatic carbocycles. The van der Waals surface area contributed by atoms with Crippen LogP contribution in [0, 0.1) is 6.92 Å². The molecule has 0 saturated carbocycles. The Morgan fingerprint density at radius 3 is 3.00 bits per heavy atom. The van der Waals surface area contributed by atoms with E-state index in [1.54, 1.807) is 6.33 Å². The highest BCUT2D eigenvalue weighted by atomic mass is 79.9. The topological polar surface area (TPSA) is 92.5 Å². The number of hydrogen-bond acceptors (Lipinski definition) is 5. The lowest BCUT2D eigenvalue weighted by molar-refractivity contribution is 1.21. The van der Waals surface area contributed by atoms with Gasteiger partial charge >= 0.3 is 0 Å². The molecule has 96 valence electrons. The number of nitrogen functional groups attached to an aromatic ring is 1. The summed E-state index contributed by atoms with van der Waals surface area (Å²) in [5.41, 5.74) is 8.99. The molecule has 3 rings (SSSR count). The Kier molecular flexibility index (Phi) is 2.83. The van der Waals surface area contributed by atoms with Gasteiger partial charge in [0.1, 0.15) is 5.52 Å². The van der Waals surface area contributed by atoms with Crippen LogP contribution in [-0.4, -0.2) is 19.9 Å². The molecule has 3 aromatic rings. The molecule has 0 saturated heterocycles. The minimum absolute atomic E-state index is 0.186. The highest BCUT2D eigenvalue weighted by Gasteiger charge is 2.10. The molecule has 0 bridgehead atoms. The lowest BCUT2D eigenvalue weighted by Gasteiger charge is -2.10. The zero-order valence-electron chi connectivity index (χ0n) is 10.1. The standard InChI is InChI=1S/C12H11BrN6/c1-6-3-2-4-7(8(6)13)17-11-9-10(16-5-15-9)18-12(14)19-11/h2-5H,1H3,(H4,14,15,16,17,18,19). The maximum absolute atomic E-state index is 5.68. The molecule has 0 spiro atoms. The predicted octanol–water partition coefficient (Wildman–Crippen LogP) is 2.75. The molecule has 0 amide bonds. The number of imidazole rings is 1. The summed E-state index contributed by atoms with van der Waals surface area (Å²) in [6, 6.07) is 5.95. The number of aromatic amines is 1. The van der Waals surface area contributed by atoms with Gasteiger partial charge < -0.3 is 16.0 Å². The summed E-state index contributed by atoms with van der Waals surface area (Å²) in [4.78, 5) is 15.3. The van der Waals surface area contributed by atoms with Crippen LogP contribution in [0.15, 0.2) is 29.0 Å². The normalized spacial score (nSPS) is 10.8. The van der Waals surface area contributed by atoms with Crippen LogP contribution in [0.2, 0.25) is 0 Å². The van der Waals surface area contributed by atoms with Gasteiger partial charge in [-0.05, 0) is 34.5 Å². The first-order valence-electron chi connectivity index (χ1n) is 5.64. The monoisotopic (exact) mass is 318 g/mol. The van der Waals surface area contributed by atoms with Gasteiger partial charge in [-0.15, -0.1) is 0 Å². The second-order valence-electron chi connectivity index (χ2n) is 4.09. The minimum Gasteiger partial charge on any atom is -0.368 e. The molecule has 0 aliphatic heterocycles. The van der Waals surface area contributed by atoms with E-state index in [0.29, 0.717) is 11.5 Å². The predicted molar refractivity (Wildman–Crippen MR) is 78.3 cm³/mol. The number of nitrogens with one attached hydrogen (secondary N) is 2. The van der Waals surface area contributed by atoms with E-state index >= 15 is 0 Å². The summed E-state index contributed by atoms with van der Waals surface area (Å²) in [7, 11) is 0. The van der Waals surface area contributed by atoms with E-state index in [2.05, 4.69) is 41.2 Å². The van der Waals surface area contributed by atoms with Crippen molar-refractivity contribution in [2.45, 2.75) is 6.92 Å². The number of rotatable bonds is 2. The van der Waals surface area contributed by atoms with Crippen LogP contribution in [-0.2, 0) is 0 Å². The Bertz CT molecular complexity index is 751. The summed E-state index contributed by atoms with van der Waals surface area (Å²) in [6.07, 6.45) is 1.56. The van der Waals surface area contributed by atoms with E-state index in [1.807, 2.05) is 25.1 Å². The number of nitrogens with zero attached hydrogens (tertiary/aromatic N) is 3. The van der Waals surface area contributed by atoms with Crippen LogP contribution >= 0.6 is 15.9 Å². The second kappa shape index (κ2) is 4.51. The maximum atomic E-state index is 5.68. The molecule has 2 heterocycles. The van der Waals surface area contributed by atoms with Gasteiger partial charge in [-0.3, -0.25) is 0 Å². The van der Waals surface area contributed by atoms with Crippen molar-refractivity contribution in [3.05, 3.63) is 34.6 Å². The van der Waals surface area contributed by atoms with Crippen molar-refractivity contribution in [3.8, 4) is 0 Å². The third kappa shape index (κ3) is 2.12. The summed E-state index contributed by atoms with van der Waals surface area (Å²) < 4.78 is 0.986. The first kappa shape index (κ1) is 11.9. The minimum atomic E-state index is 0.186. The largest absolute Gasteiger partial charge is 0.368 e. The molecule has 0 radical (unpaired) electrons. The van der Waals surface area contributed by atoms with Crippen LogP contribution in [0.5, 0.6) is 0 Å². The Hall–Kier alpha value is -2.15. The molecule has 4 N–H and O–H groups in total. The van der Waals surface area contributed by atoms with Gasteiger partial charge in [-0.1, -0.05) is 12.1 Å². The number of hydrogen-bond donors (Lipinski definition) is 3. The number of halogens is 1. The van der Waals surface area contributed by atoms with Gasteiger partial charge in [0.05, 0.1) is 12.0 Å². The van der Waals surface area contributed by atoms with E-state index in [4.69, 9.17) is 5.73 Å². The fraction of sp³-hybridized carbons (Fsp3) is 0.0833. The summed E-state index contributed by atoms with van der Waals surface area (Å²) in [5, 5.41) is 3.23. The summed E-state index contributed by atoms with van der Waals surface area (Å²) >= 11 is 3.55. The van der Waals surface area contributed by atoms with Crippen molar-refractivity contribution in [2.24, 2.45) is 0 Å². The van der Waals surface area contributed by atoms with Crippen molar-refractivity contribution in [2.75, 3.05) is 11.1 Å².